The summed E-state index contributed by atoms with van der Waals surface area (Å²) in [7, 11) is 0. The molecule has 0 spiro atoms. The van der Waals surface area contributed by atoms with Gasteiger partial charge >= 0.3 is 0 Å². The highest BCUT2D eigenvalue weighted by atomic mass is 14.7. The van der Waals surface area contributed by atoms with Crippen LogP contribution in [0.4, 0.5) is 5.69 Å². The van der Waals surface area contributed by atoms with Crippen molar-refractivity contribution in [1.82, 2.24) is 4.98 Å². The van der Waals surface area contributed by atoms with Gasteiger partial charge in [-0.1, -0.05) is 30.4 Å². The lowest BCUT2D eigenvalue weighted by Crippen LogP contribution is -2.03. The van der Waals surface area contributed by atoms with Crippen LogP contribution in [0.1, 0.15) is 17.7 Å². The molecule has 3 rings (SSSR count). The molecule has 2 nitrogen and oxygen atoms in total. The lowest BCUT2D eigenvalue weighted by molar-refractivity contribution is 0.940. The highest BCUT2D eigenvalue weighted by Crippen LogP contribution is 2.29. The molecule has 15 heavy (non-hydrogen) atoms. The van der Waals surface area contributed by atoms with E-state index in [1.807, 2.05) is 24.3 Å². The zero-order valence-corrected chi connectivity index (χ0v) is 8.40. The lowest BCUT2D eigenvalue weighted by atomic mass is 9.99. The summed E-state index contributed by atoms with van der Waals surface area (Å²) in [6.07, 6.45) is 6.32. The maximum atomic E-state index is 6.15. The molecule has 0 bridgehead atoms. The first kappa shape index (κ1) is 8.48. The van der Waals surface area contributed by atoms with Crippen molar-refractivity contribution in [1.29, 1.82) is 0 Å². The van der Waals surface area contributed by atoms with Gasteiger partial charge in [-0.25, -0.2) is 0 Å². The van der Waals surface area contributed by atoms with Crippen molar-refractivity contribution in [3.05, 3.63) is 41.6 Å². The van der Waals surface area contributed by atoms with Crippen LogP contribution in [-0.4, -0.2) is 4.98 Å². The van der Waals surface area contributed by atoms with Gasteiger partial charge in [0, 0.05) is 10.9 Å². The van der Waals surface area contributed by atoms with Crippen LogP contribution in [0.5, 0.6) is 0 Å². The van der Waals surface area contributed by atoms with Crippen molar-refractivity contribution in [2.45, 2.75) is 12.8 Å². The molecular formula is C13H12N2. The number of allylic oxidation sites excluding steroid dienone is 1. The first-order valence-corrected chi connectivity index (χ1v) is 5.20. The smallest absolute Gasteiger partial charge is 0.0726 e. The van der Waals surface area contributed by atoms with Crippen LogP contribution in [0, 0.1) is 0 Å². The van der Waals surface area contributed by atoms with Gasteiger partial charge in [0.1, 0.15) is 0 Å². The normalized spacial score (nSPS) is 14.1. The predicted octanol–water partition coefficient (Wildman–Crippen LogP) is 2.78. The molecule has 1 heterocycles. The second-order valence-electron chi connectivity index (χ2n) is 3.84. The third-order valence-corrected chi connectivity index (χ3v) is 2.88. The highest BCUT2D eigenvalue weighted by molar-refractivity contribution is 5.95. The highest BCUT2D eigenvalue weighted by Gasteiger charge is 2.12. The molecule has 0 atom stereocenters. The van der Waals surface area contributed by atoms with Gasteiger partial charge in [-0.2, -0.15) is 0 Å². The Hall–Kier alpha value is -1.83. The van der Waals surface area contributed by atoms with Gasteiger partial charge in [0.2, 0.25) is 0 Å². The molecule has 0 amide bonds. The first-order valence-electron chi connectivity index (χ1n) is 5.20. The second-order valence-corrected chi connectivity index (χ2v) is 3.84. The number of para-hydroxylation sites is 1. The minimum absolute atomic E-state index is 0.867. The standard InChI is InChI=1S/C13H12N2/c14-13-9-5-1-3-7-11(9)15-12-8-4-2-6-10(12)13/h1-3,5-7H,4,8H2,(H2,14,15). The Labute approximate surface area is 88.4 Å². The van der Waals surface area contributed by atoms with Gasteiger partial charge < -0.3 is 5.73 Å². The summed E-state index contributed by atoms with van der Waals surface area (Å²) in [5.41, 5.74) is 10.3. The number of hydrogen-bond donors (Lipinski definition) is 1. The van der Waals surface area contributed by atoms with Gasteiger partial charge in [-0.3, -0.25) is 4.98 Å². The monoisotopic (exact) mass is 196 g/mol. The fourth-order valence-corrected chi connectivity index (χ4v) is 2.10. The van der Waals surface area contributed by atoms with Crippen LogP contribution >= 0.6 is 0 Å². The average molecular weight is 196 g/mol. The maximum Gasteiger partial charge on any atom is 0.0726 e. The molecule has 0 unspecified atom stereocenters. The Balaban J connectivity index is 2.42. The SMILES string of the molecule is Nc1c2c(nc3ccccc13)CCC=C2. The molecule has 2 N–H and O–H groups in total. The Morgan fingerprint density at radius 2 is 2.07 bits per heavy atom. The fourth-order valence-electron chi connectivity index (χ4n) is 2.10. The minimum atomic E-state index is 0.867. The Bertz CT molecular complexity index is 556. The average Bonchev–Trinajstić information content (AvgIpc) is 2.30. The van der Waals surface area contributed by atoms with Crippen molar-refractivity contribution in [3.8, 4) is 0 Å². The molecule has 1 aliphatic carbocycles. The number of anilines is 1. The third kappa shape index (κ3) is 1.22. The van der Waals surface area contributed by atoms with Gasteiger partial charge in [0.25, 0.3) is 0 Å². The van der Waals surface area contributed by atoms with Gasteiger partial charge in [-0.15, -0.1) is 0 Å². The summed E-state index contributed by atoms with van der Waals surface area (Å²) >= 11 is 0. The summed E-state index contributed by atoms with van der Waals surface area (Å²) < 4.78 is 0. The third-order valence-electron chi connectivity index (χ3n) is 2.88. The number of pyridine rings is 1. The van der Waals surface area contributed by atoms with Crippen LogP contribution in [0.3, 0.4) is 0 Å². The first-order chi connectivity index (χ1) is 7.36. The fraction of sp³-hybridized carbons (Fsp3) is 0.154. The number of aromatic nitrogens is 1. The summed E-state index contributed by atoms with van der Waals surface area (Å²) in [6.45, 7) is 0. The van der Waals surface area contributed by atoms with Gasteiger partial charge in [0.05, 0.1) is 16.9 Å². The Morgan fingerprint density at radius 3 is 3.00 bits per heavy atom. The summed E-state index contributed by atoms with van der Waals surface area (Å²) in [6, 6.07) is 8.05. The topological polar surface area (TPSA) is 38.9 Å². The van der Waals surface area contributed by atoms with E-state index >= 15 is 0 Å². The van der Waals surface area contributed by atoms with Crippen LogP contribution in [0.2, 0.25) is 0 Å². The predicted molar refractivity (Wildman–Crippen MR) is 63.5 cm³/mol. The Morgan fingerprint density at radius 1 is 1.20 bits per heavy atom. The quantitative estimate of drug-likeness (QED) is 0.703. The van der Waals surface area contributed by atoms with Crippen molar-refractivity contribution >= 4 is 22.7 Å². The van der Waals surface area contributed by atoms with Crippen LogP contribution in [-0.2, 0) is 6.42 Å². The van der Waals surface area contributed by atoms with Crippen molar-refractivity contribution in [3.63, 3.8) is 0 Å². The molecular weight excluding hydrogens is 184 g/mol. The van der Waals surface area contributed by atoms with E-state index in [1.54, 1.807) is 0 Å². The van der Waals surface area contributed by atoms with E-state index in [9.17, 15) is 0 Å². The molecule has 0 saturated heterocycles. The number of nitrogen functional groups attached to an aromatic ring is 1. The molecule has 0 aliphatic heterocycles. The molecule has 2 heteroatoms. The van der Waals surface area contributed by atoms with Crippen molar-refractivity contribution < 1.29 is 0 Å². The molecule has 0 radical (unpaired) electrons. The summed E-state index contributed by atoms with van der Waals surface area (Å²) in [4.78, 5) is 4.65. The zero-order chi connectivity index (χ0) is 10.3. The van der Waals surface area contributed by atoms with E-state index in [-0.39, 0.29) is 0 Å². The van der Waals surface area contributed by atoms with E-state index in [4.69, 9.17) is 5.73 Å². The van der Waals surface area contributed by atoms with E-state index in [2.05, 4.69) is 17.1 Å². The number of benzene rings is 1. The molecule has 0 saturated carbocycles. The number of nitrogens with zero attached hydrogens (tertiary/aromatic N) is 1. The summed E-state index contributed by atoms with van der Waals surface area (Å²) in [5.74, 6) is 0. The molecule has 2 aromatic rings. The molecule has 1 aromatic heterocycles. The molecule has 1 aromatic carbocycles. The number of fused-ring (bicyclic) bond motifs is 2. The van der Waals surface area contributed by atoms with Gasteiger partial charge in [-0.05, 0) is 18.9 Å². The number of rotatable bonds is 0. The largest absolute Gasteiger partial charge is 0.398 e. The summed E-state index contributed by atoms with van der Waals surface area (Å²) in [5, 5.41) is 1.06. The zero-order valence-electron chi connectivity index (χ0n) is 8.40. The number of nitrogens with two attached hydrogens (primary N) is 1. The minimum Gasteiger partial charge on any atom is -0.398 e. The van der Waals surface area contributed by atoms with Crippen LogP contribution in [0.15, 0.2) is 30.3 Å². The van der Waals surface area contributed by atoms with Crippen LogP contribution < -0.4 is 5.73 Å². The van der Waals surface area contributed by atoms with E-state index in [0.717, 1.165) is 40.7 Å². The maximum absolute atomic E-state index is 6.15. The van der Waals surface area contributed by atoms with Crippen molar-refractivity contribution in [2.24, 2.45) is 0 Å². The molecule has 1 aliphatic rings. The number of aryl methyl sites for hydroxylation is 1. The van der Waals surface area contributed by atoms with E-state index in [0.29, 0.717) is 0 Å². The van der Waals surface area contributed by atoms with Crippen LogP contribution in [0.25, 0.3) is 17.0 Å². The molecule has 0 fully saturated rings. The van der Waals surface area contributed by atoms with E-state index in [1.165, 1.54) is 0 Å². The number of hydrogen-bond acceptors (Lipinski definition) is 2. The van der Waals surface area contributed by atoms with Gasteiger partial charge in [0.15, 0.2) is 0 Å². The van der Waals surface area contributed by atoms with E-state index < -0.39 is 0 Å². The second kappa shape index (κ2) is 3.09. The molecule has 74 valence electrons. The lowest BCUT2D eigenvalue weighted by Gasteiger charge is -2.14. The Kier molecular flexibility index (Phi) is 1.75. The van der Waals surface area contributed by atoms with Crippen molar-refractivity contribution in [2.75, 3.05) is 5.73 Å².